The van der Waals surface area contributed by atoms with E-state index >= 15 is 0 Å². The molecule has 0 aliphatic rings. The predicted octanol–water partition coefficient (Wildman–Crippen LogP) is -1.32. The number of nitrogens with one attached hydrogen (secondary N) is 1. The fraction of sp³-hybridized carbons (Fsp3) is 0.111. The van der Waals surface area contributed by atoms with Gasteiger partial charge in [-0.05, 0) is 6.04 Å². The molecule has 1 aromatic carbocycles. The topological polar surface area (TPSA) is 78.2 Å². The van der Waals surface area contributed by atoms with Gasteiger partial charge in [0.2, 0.25) is 0 Å². The van der Waals surface area contributed by atoms with Gasteiger partial charge in [0.05, 0.1) is 0 Å². The van der Waals surface area contributed by atoms with Crippen LogP contribution in [0.3, 0.4) is 0 Å². The van der Waals surface area contributed by atoms with Crippen molar-refractivity contribution < 1.29 is 44.3 Å². The molecule has 1 atom stereocenters. The van der Waals surface area contributed by atoms with E-state index in [1.54, 1.807) is 0 Å². The van der Waals surface area contributed by atoms with Crippen molar-refractivity contribution in [2.24, 2.45) is 0 Å². The minimum atomic E-state index is -1.28. The van der Waals surface area contributed by atoms with Crippen molar-refractivity contribution in [2.45, 2.75) is 6.04 Å². The van der Waals surface area contributed by atoms with Gasteiger partial charge in [0.25, 0.3) is 5.97 Å². The summed E-state index contributed by atoms with van der Waals surface area (Å²) in [6.07, 6.45) is 0.670. The largest absolute Gasteiger partial charge is 1.00 e. The number of carboxylic acid groups (broad SMARTS) is 1. The van der Waals surface area contributed by atoms with E-state index in [0.717, 1.165) is 0 Å². The summed E-state index contributed by atoms with van der Waals surface area (Å²) in [5, 5.41) is 8.50. The van der Waals surface area contributed by atoms with E-state index in [4.69, 9.17) is 10.8 Å². The molecule has 0 spiro atoms. The summed E-state index contributed by atoms with van der Waals surface area (Å²) in [5.41, 5.74) is 8.05. The Bertz CT molecular complexity index is 323. The minimum absolute atomic E-state index is 0. The fourth-order valence-electron chi connectivity index (χ4n) is 0.910. The van der Waals surface area contributed by atoms with E-state index in [0.29, 0.717) is 17.4 Å². The van der Waals surface area contributed by atoms with Crippen LogP contribution in [-0.4, -0.2) is 17.4 Å². The molecule has 0 saturated carbocycles. The molecule has 1 aromatic rings. The van der Waals surface area contributed by atoms with E-state index in [-0.39, 0.29) is 29.6 Å². The molecule has 0 aliphatic carbocycles. The zero-order valence-electron chi connectivity index (χ0n) is 7.73. The first kappa shape index (κ1) is 13.3. The van der Waals surface area contributed by atoms with Crippen LogP contribution in [0.25, 0.3) is 5.73 Å². The summed E-state index contributed by atoms with van der Waals surface area (Å²) >= 11 is 0. The number of benzene rings is 1. The SMILES string of the molecule is [NH-]C(C(=O)O)c1ccc(C=O)cc1.[Na+]. The van der Waals surface area contributed by atoms with Crippen LogP contribution in [0.4, 0.5) is 0 Å². The van der Waals surface area contributed by atoms with Crippen molar-refractivity contribution in [3.63, 3.8) is 0 Å². The first-order valence-electron chi connectivity index (χ1n) is 3.64. The van der Waals surface area contributed by atoms with Gasteiger partial charge < -0.3 is 10.8 Å². The Balaban J connectivity index is 0.00000169. The normalized spacial score (nSPS) is 11.2. The van der Waals surface area contributed by atoms with Gasteiger partial charge in [-0.3, -0.25) is 9.59 Å². The molecule has 0 bridgehead atoms. The summed E-state index contributed by atoms with van der Waals surface area (Å²) in [6, 6.07) is 4.64. The maximum absolute atomic E-state index is 10.4. The zero-order chi connectivity index (χ0) is 9.84. The molecule has 1 unspecified atom stereocenters. The predicted molar refractivity (Wildman–Crippen MR) is 46.5 cm³/mol. The minimum Gasteiger partial charge on any atom is -0.661 e. The molecule has 5 heteroatoms. The molecule has 0 heterocycles. The smallest absolute Gasteiger partial charge is 0.661 e. The Morgan fingerprint density at radius 1 is 1.36 bits per heavy atom. The molecular formula is C9H8NNaO3. The van der Waals surface area contributed by atoms with E-state index < -0.39 is 12.0 Å². The second-order valence-electron chi connectivity index (χ2n) is 2.56. The van der Waals surface area contributed by atoms with Crippen LogP contribution in [0, 0.1) is 0 Å². The first-order valence-corrected chi connectivity index (χ1v) is 3.64. The van der Waals surface area contributed by atoms with Crippen molar-refractivity contribution in [2.75, 3.05) is 0 Å². The number of carboxylic acids is 1. The van der Waals surface area contributed by atoms with Crippen LogP contribution in [0.1, 0.15) is 22.0 Å². The average molecular weight is 201 g/mol. The third-order valence-electron chi connectivity index (χ3n) is 1.65. The monoisotopic (exact) mass is 201 g/mol. The van der Waals surface area contributed by atoms with Crippen LogP contribution < -0.4 is 29.6 Å². The van der Waals surface area contributed by atoms with Gasteiger partial charge in [0.1, 0.15) is 6.29 Å². The number of carbonyl (C=O) groups excluding carboxylic acids is 1. The Labute approximate surface area is 103 Å². The van der Waals surface area contributed by atoms with Crippen LogP contribution in [0.15, 0.2) is 24.3 Å². The molecule has 68 valence electrons. The quantitative estimate of drug-likeness (QED) is 0.486. The summed E-state index contributed by atoms with van der Waals surface area (Å²) in [6.45, 7) is 0. The van der Waals surface area contributed by atoms with Crippen LogP contribution in [0.2, 0.25) is 0 Å². The molecule has 0 fully saturated rings. The van der Waals surface area contributed by atoms with Gasteiger partial charge in [-0.15, -0.1) is 0 Å². The van der Waals surface area contributed by atoms with E-state index in [1.807, 2.05) is 0 Å². The third kappa shape index (κ3) is 3.23. The number of aliphatic carboxylic acids is 1. The van der Waals surface area contributed by atoms with Crippen molar-refractivity contribution in [1.82, 2.24) is 0 Å². The first-order chi connectivity index (χ1) is 6.15. The second kappa shape index (κ2) is 5.93. The second-order valence-corrected chi connectivity index (χ2v) is 2.56. The molecule has 14 heavy (non-hydrogen) atoms. The van der Waals surface area contributed by atoms with Crippen molar-refractivity contribution in [1.29, 1.82) is 0 Å². The average Bonchev–Trinajstić information content (AvgIpc) is 2.17. The van der Waals surface area contributed by atoms with Crippen molar-refractivity contribution >= 4 is 12.3 Å². The van der Waals surface area contributed by atoms with Gasteiger partial charge in [0.15, 0.2) is 0 Å². The Morgan fingerprint density at radius 2 is 1.86 bits per heavy atom. The maximum atomic E-state index is 10.4. The molecule has 0 radical (unpaired) electrons. The van der Waals surface area contributed by atoms with Crippen LogP contribution in [-0.2, 0) is 4.79 Å². The van der Waals surface area contributed by atoms with Crippen LogP contribution in [0.5, 0.6) is 0 Å². The zero-order valence-corrected chi connectivity index (χ0v) is 9.73. The fourth-order valence-corrected chi connectivity index (χ4v) is 0.910. The van der Waals surface area contributed by atoms with Gasteiger partial charge in [-0.1, -0.05) is 29.8 Å². The summed E-state index contributed by atoms with van der Waals surface area (Å²) in [7, 11) is 0. The molecule has 0 saturated heterocycles. The Kier molecular flexibility index (Phi) is 5.64. The van der Waals surface area contributed by atoms with Gasteiger partial charge >= 0.3 is 29.6 Å². The number of rotatable bonds is 3. The van der Waals surface area contributed by atoms with Gasteiger partial charge in [-0.2, -0.15) is 0 Å². The van der Waals surface area contributed by atoms with E-state index in [2.05, 4.69) is 0 Å². The van der Waals surface area contributed by atoms with E-state index in [9.17, 15) is 9.59 Å². The molecule has 0 amide bonds. The number of aldehydes is 1. The van der Waals surface area contributed by atoms with Crippen molar-refractivity contribution in [3.8, 4) is 0 Å². The summed E-state index contributed by atoms with van der Waals surface area (Å²) in [4.78, 5) is 20.7. The maximum Gasteiger partial charge on any atom is 1.00 e. The number of hydrogen-bond donors (Lipinski definition) is 1. The Morgan fingerprint density at radius 3 is 2.21 bits per heavy atom. The molecule has 4 nitrogen and oxygen atoms in total. The van der Waals surface area contributed by atoms with Gasteiger partial charge in [-0.25, -0.2) is 0 Å². The third-order valence-corrected chi connectivity index (χ3v) is 1.65. The summed E-state index contributed by atoms with van der Waals surface area (Å²) in [5.74, 6) is -1.20. The van der Waals surface area contributed by atoms with Gasteiger partial charge in [0, 0.05) is 5.56 Å². The molecular weight excluding hydrogens is 193 g/mol. The number of hydrogen-bond acceptors (Lipinski definition) is 2. The van der Waals surface area contributed by atoms with Crippen molar-refractivity contribution in [3.05, 3.63) is 41.1 Å². The Hall–Kier alpha value is -0.680. The molecule has 2 N–H and O–H groups in total. The summed E-state index contributed by atoms with van der Waals surface area (Å²) < 4.78 is 0. The standard InChI is InChI=1S/C9H8NO3.Na/c10-8(9(12)13)7-3-1-6(5-11)2-4-7;/h1-5,8,10H,(H,12,13);/q-1;+1. The van der Waals surface area contributed by atoms with E-state index in [1.165, 1.54) is 24.3 Å². The molecule has 0 aliphatic heterocycles. The number of carbonyl (C=O) groups is 2. The molecule has 0 aromatic heterocycles. The molecule has 1 rings (SSSR count). The van der Waals surface area contributed by atoms with Crippen LogP contribution >= 0.6 is 0 Å².